The maximum Gasteiger partial charge on any atom is 0.220 e. The number of amides is 1. The summed E-state index contributed by atoms with van der Waals surface area (Å²) in [5.74, 6) is 0.831. The van der Waals surface area contributed by atoms with Crippen LogP contribution >= 0.6 is 22.9 Å². The van der Waals surface area contributed by atoms with Gasteiger partial charge in [-0.3, -0.25) is 4.79 Å². The standard InChI is InChI=1S/C15H24ClN3OS/c1-11-15(16)21-14(18-11)7-8-17-13(20)6-5-12-4-3-9-19(2)10-12/h12H,3-10H2,1-2H3,(H,17,20)/t12-/m1/s1. The fraction of sp³-hybridized carbons (Fsp3) is 0.733. The highest BCUT2D eigenvalue weighted by Gasteiger charge is 2.17. The Hall–Kier alpha value is -0.650. The van der Waals surface area contributed by atoms with Crippen molar-refractivity contribution in [2.45, 2.75) is 39.0 Å². The lowest BCUT2D eigenvalue weighted by molar-refractivity contribution is -0.121. The maximum atomic E-state index is 11.9. The molecule has 0 aliphatic carbocycles. The molecule has 1 fully saturated rings. The Bertz CT molecular complexity index is 458. The van der Waals surface area contributed by atoms with Gasteiger partial charge in [0.2, 0.25) is 5.91 Å². The SMILES string of the molecule is Cc1nc(CCNC(=O)CC[C@H]2CCCN(C)C2)sc1Cl. The predicted molar refractivity (Wildman–Crippen MR) is 88.0 cm³/mol. The number of carbonyl (C=O) groups excluding carboxylic acids is 1. The molecule has 0 unspecified atom stereocenters. The summed E-state index contributed by atoms with van der Waals surface area (Å²) in [6.45, 7) is 4.87. The highest BCUT2D eigenvalue weighted by Crippen LogP contribution is 2.23. The van der Waals surface area contributed by atoms with Crippen LogP contribution < -0.4 is 5.32 Å². The Labute approximate surface area is 135 Å². The fourth-order valence-electron chi connectivity index (χ4n) is 2.78. The lowest BCUT2D eigenvalue weighted by Crippen LogP contribution is -2.33. The summed E-state index contributed by atoms with van der Waals surface area (Å²) in [5, 5.41) is 3.97. The van der Waals surface area contributed by atoms with Crippen LogP contribution in [0.1, 0.15) is 36.4 Å². The molecule has 1 aliphatic rings. The molecule has 2 rings (SSSR count). The maximum absolute atomic E-state index is 11.9. The molecule has 0 spiro atoms. The third-order valence-electron chi connectivity index (χ3n) is 3.95. The van der Waals surface area contributed by atoms with E-state index in [0.717, 1.165) is 34.4 Å². The number of halogens is 1. The van der Waals surface area contributed by atoms with Gasteiger partial charge >= 0.3 is 0 Å². The number of hydrogen-bond acceptors (Lipinski definition) is 4. The van der Waals surface area contributed by atoms with Gasteiger partial charge < -0.3 is 10.2 Å². The number of carbonyl (C=O) groups is 1. The molecule has 4 nitrogen and oxygen atoms in total. The van der Waals surface area contributed by atoms with Gasteiger partial charge in [-0.25, -0.2) is 4.98 Å². The van der Waals surface area contributed by atoms with Crippen molar-refractivity contribution in [3.8, 4) is 0 Å². The van der Waals surface area contributed by atoms with Crippen molar-refractivity contribution in [1.82, 2.24) is 15.2 Å². The van der Waals surface area contributed by atoms with Crippen molar-refractivity contribution in [3.05, 3.63) is 15.0 Å². The molecule has 1 aromatic rings. The second-order valence-electron chi connectivity index (χ2n) is 5.88. The molecule has 1 aliphatic heterocycles. The number of aryl methyl sites for hydroxylation is 1. The van der Waals surface area contributed by atoms with Gasteiger partial charge in [-0.15, -0.1) is 11.3 Å². The zero-order valence-electron chi connectivity index (χ0n) is 12.8. The zero-order chi connectivity index (χ0) is 15.2. The molecule has 1 saturated heterocycles. The van der Waals surface area contributed by atoms with E-state index in [1.807, 2.05) is 6.92 Å². The molecule has 21 heavy (non-hydrogen) atoms. The van der Waals surface area contributed by atoms with Crippen LogP contribution in [0.2, 0.25) is 4.34 Å². The van der Waals surface area contributed by atoms with E-state index in [1.165, 1.54) is 30.7 Å². The number of rotatable bonds is 6. The Balaban J connectivity index is 1.61. The van der Waals surface area contributed by atoms with E-state index in [0.29, 0.717) is 18.9 Å². The summed E-state index contributed by atoms with van der Waals surface area (Å²) in [5.41, 5.74) is 0.879. The molecule has 0 radical (unpaired) electrons. The van der Waals surface area contributed by atoms with Gasteiger partial charge in [0.1, 0.15) is 4.34 Å². The van der Waals surface area contributed by atoms with Gasteiger partial charge in [0.25, 0.3) is 0 Å². The van der Waals surface area contributed by atoms with Crippen LogP contribution in [0.5, 0.6) is 0 Å². The third-order valence-corrected chi connectivity index (χ3v) is 5.46. The monoisotopic (exact) mass is 329 g/mol. The molecule has 1 atom stereocenters. The highest BCUT2D eigenvalue weighted by molar-refractivity contribution is 7.16. The van der Waals surface area contributed by atoms with E-state index in [1.54, 1.807) is 0 Å². The van der Waals surface area contributed by atoms with Gasteiger partial charge in [-0.1, -0.05) is 11.6 Å². The van der Waals surface area contributed by atoms with Crippen LogP contribution in [-0.2, 0) is 11.2 Å². The molecule has 1 N–H and O–H groups in total. The summed E-state index contributed by atoms with van der Waals surface area (Å²) in [4.78, 5) is 18.6. The molecule has 6 heteroatoms. The Morgan fingerprint density at radius 1 is 1.57 bits per heavy atom. The first-order valence-electron chi connectivity index (χ1n) is 7.61. The minimum atomic E-state index is 0.155. The summed E-state index contributed by atoms with van der Waals surface area (Å²) < 4.78 is 0.748. The first-order chi connectivity index (χ1) is 10.0. The zero-order valence-corrected chi connectivity index (χ0v) is 14.4. The van der Waals surface area contributed by atoms with Gasteiger partial charge in [0.05, 0.1) is 10.7 Å². The molecule has 0 bridgehead atoms. The summed E-state index contributed by atoms with van der Waals surface area (Å²) in [6, 6.07) is 0. The highest BCUT2D eigenvalue weighted by atomic mass is 35.5. The molecule has 1 amide bonds. The quantitative estimate of drug-likeness (QED) is 0.872. The number of nitrogens with zero attached hydrogens (tertiary/aromatic N) is 2. The van der Waals surface area contributed by atoms with Gasteiger partial charge in [-0.05, 0) is 45.7 Å². The van der Waals surface area contributed by atoms with Crippen molar-refractivity contribution < 1.29 is 4.79 Å². The van der Waals surface area contributed by atoms with Crippen LogP contribution in [0.4, 0.5) is 0 Å². The summed E-state index contributed by atoms with van der Waals surface area (Å²) in [7, 11) is 2.16. The lowest BCUT2D eigenvalue weighted by Gasteiger charge is -2.29. The minimum Gasteiger partial charge on any atom is -0.356 e. The Morgan fingerprint density at radius 3 is 3.05 bits per heavy atom. The summed E-state index contributed by atoms with van der Waals surface area (Å²) in [6.07, 6.45) is 4.91. The second-order valence-corrected chi connectivity index (χ2v) is 7.56. The average molecular weight is 330 g/mol. The van der Waals surface area contributed by atoms with Gasteiger partial charge in [0, 0.05) is 25.9 Å². The molecule has 118 valence electrons. The molecule has 0 saturated carbocycles. The minimum absolute atomic E-state index is 0.155. The van der Waals surface area contributed by atoms with E-state index < -0.39 is 0 Å². The van der Waals surface area contributed by atoms with E-state index >= 15 is 0 Å². The molecular formula is C15H24ClN3OS. The number of aromatic nitrogens is 1. The molecule has 2 heterocycles. The normalized spacial score (nSPS) is 19.7. The molecule has 0 aromatic carbocycles. The van der Waals surface area contributed by atoms with E-state index in [9.17, 15) is 4.79 Å². The number of piperidine rings is 1. The van der Waals surface area contributed by atoms with Crippen molar-refractivity contribution in [3.63, 3.8) is 0 Å². The van der Waals surface area contributed by atoms with E-state index in [2.05, 4.69) is 22.2 Å². The number of hydrogen-bond donors (Lipinski definition) is 1. The second kappa shape index (κ2) is 8.11. The average Bonchev–Trinajstić information content (AvgIpc) is 2.75. The molecular weight excluding hydrogens is 306 g/mol. The van der Waals surface area contributed by atoms with E-state index in [-0.39, 0.29) is 5.91 Å². The Kier molecular flexibility index (Phi) is 6.45. The number of likely N-dealkylation sites (tertiary alicyclic amines) is 1. The smallest absolute Gasteiger partial charge is 0.220 e. The molecule has 1 aromatic heterocycles. The van der Waals surface area contributed by atoms with Crippen molar-refractivity contribution in [2.75, 3.05) is 26.7 Å². The Morgan fingerprint density at radius 2 is 2.38 bits per heavy atom. The van der Waals surface area contributed by atoms with Gasteiger partial charge in [-0.2, -0.15) is 0 Å². The summed E-state index contributed by atoms with van der Waals surface area (Å²) >= 11 is 7.48. The van der Waals surface area contributed by atoms with Crippen LogP contribution in [0.3, 0.4) is 0 Å². The largest absolute Gasteiger partial charge is 0.356 e. The van der Waals surface area contributed by atoms with Crippen molar-refractivity contribution >= 4 is 28.8 Å². The van der Waals surface area contributed by atoms with Crippen molar-refractivity contribution in [1.29, 1.82) is 0 Å². The topological polar surface area (TPSA) is 45.2 Å². The predicted octanol–water partition coefficient (Wildman–Crippen LogP) is 2.89. The number of thiazole rings is 1. The number of nitrogens with one attached hydrogen (secondary N) is 1. The van der Waals surface area contributed by atoms with E-state index in [4.69, 9.17) is 11.6 Å². The van der Waals surface area contributed by atoms with Crippen LogP contribution in [0.25, 0.3) is 0 Å². The first-order valence-corrected chi connectivity index (χ1v) is 8.81. The van der Waals surface area contributed by atoms with Crippen LogP contribution in [0.15, 0.2) is 0 Å². The van der Waals surface area contributed by atoms with Crippen LogP contribution in [-0.4, -0.2) is 42.5 Å². The van der Waals surface area contributed by atoms with Crippen LogP contribution in [0, 0.1) is 12.8 Å². The van der Waals surface area contributed by atoms with Gasteiger partial charge in [0.15, 0.2) is 0 Å². The fourth-order valence-corrected chi connectivity index (χ4v) is 3.88. The third kappa shape index (κ3) is 5.57. The van der Waals surface area contributed by atoms with Crippen molar-refractivity contribution in [2.24, 2.45) is 5.92 Å². The first kappa shape index (κ1) is 16.7. The lowest BCUT2D eigenvalue weighted by atomic mass is 9.93.